The Bertz CT molecular complexity index is 2010. The van der Waals surface area contributed by atoms with E-state index in [1.54, 1.807) is 28.4 Å². The van der Waals surface area contributed by atoms with Crippen LogP contribution in [-0.4, -0.2) is 28.4 Å². The predicted octanol–water partition coefficient (Wildman–Crippen LogP) is 8.52. The summed E-state index contributed by atoms with van der Waals surface area (Å²) < 4.78 is 22.2. The quantitative estimate of drug-likeness (QED) is 0.158. The molecule has 0 amide bonds. The summed E-state index contributed by atoms with van der Waals surface area (Å²) in [6.07, 6.45) is 0. The van der Waals surface area contributed by atoms with Crippen molar-refractivity contribution in [2.75, 3.05) is 28.4 Å². The molecule has 48 heavy (non-hydrogen) atoms. The van der Waals surface area contributed by atoms with Crippen molar-refractivity contribution in [2.45, 2.75) is 0 Å². The molecule has 0 aliphatic rings. The summed E-state index contributed by atoms with van der Waals surface area (Å²) in [6, 6.07) is 50.8. The number of hydrogen-bond acceptors (Lipinski definition) is 4. The smallest absolute Gasteiger partial charge is 0.118 e. The van der Waals surface area contributed by atoms with E-state index in [9.17, 15) is 0 Å². The summed E-state index contributed by atoms with van der Waals surface area (Å²) in [5.41, 5.74) is 6.65. The van der Waals surface area contributed by atoms with Crippen LogP contribution in [0.3, 0.4) is 0 Å². The molecule has 4 heteroatoms. The molecule has 0 saturated heterocycles. The molecular weight excluding hydrogens is 592 g/mol. The van der Waals surface area contributed by atoms with Crippen LogP contribution in [-0.2, 0) is 0 Å². The van der Waals surface area contributed by atoms with E-state index in [2.05, 4.69) is 97.1 Å². The molecule has 0 spiro atoms. The second-order valence-corrected chi connectivity index (χ2v) is 11.5. The first-order valence-electron chi connectivity index (χ1n) is 15.9. The largest absolute Gasteiger partial charge is 0.497 e. The van der Waals surface area contributed by atoms with Crippen molar-refractivity contribution in [2.24, 2.45) is 0 Å². The molecule has 0 N–H and O–H groups in total. The maximum absolute atomic E-state index is 5.54. The zero-order chi connectivity index (χ0) is 33.0. The number of fused-ring (bicyclic) bond motifs is 2. The summed E-state index contributed by atoms with van der Waals surface area (Å²) in [5.74, 6) is 3.26. The van der Waals surface area contributed by atoms with Gasteiger partial charge in [-0.1, -0.05) is 97.1 Å². The van der Waals surface area contributed by atoms with E-state index in [-0.39, 0.29) is 0 Å². The van der Waals surface area contributed by atoms with Gasteiger partial charge in [0, 0.05) is 0 Å². The van der Waals surface area contributed by atoms with E-state index in [4.69, 9.17) is 18.9 Å². The average Bonchev–Trinajstić information content (AvgIpc) is 3.16. The van der Waals surface area contributed by atoms with Gasteiger partial charge in [-0.05, 0) is 114 Å². The summed E-state index contributed by atoms with van der Waals surface area (Å²) in [4.78, 5) is 0. The van der Waals surface area contributed by atoms with Crippen LogP contribution >= 0.6 is 0 Å². The standard InChI is InChI=1S/C44H36O4/c1-45-33-21-13-29(14-22-33)41(30-15-23-34(46-2)24-16-30)43-37-9-5-7-11-39(37)44(40-12-8-6-10-38(40)43)42(31-17-25-35(47-3)26-18-31)32-19-27-36(48-4)28-20-32/h5-28H,1-4H3. The summed E-state index contributed by atoms with van der Waals surface area (Å²) in [5, 5.41) is 6.98. The van der Waals surface area contributed by atoms with E-state index >= 15 is 0 Å². The van der Waals surface area contributed by atoms with Crippen LogP contribution in [0.5, 0.6) is 23.0 Å². The average molecular weight is 629 g/mol. The van der Waals surface area contributed by atoms with Crippen LogP contribution in [0.1, 0.15) is 22.3 Å². The van der Waals surface area contributed by atoms with Gasteiger partial charge in [-0.3, -0.25) is 0 Å². The molecule has 0 atom stereocenters. The molecule has 0 aliphatic carbocycles. The van der Waals surface area contributed by atoms with Gasteiger partial charge in [-0.2, -0.15) is 0 Å². The molecule has 0 radical (unpaired) electrons. The maximum atomic E-state index is 5.54. The fourth-order valence-corrected chi connectivity index (χ4v) is 6.61. The van der Waals surface area contributed by atoms with Crippen molar-refractivity contribution >= 4 is 32.7 Å². The first kappa shape index (κ1) is 30.6. The Labute approximate surface area is 280 Å². The highest BCUT2D eigenvalue weighted by Crippen LogP contribution is 2.30. The highest BCUT2D eigenvalue weighted by molar-refractivity contribution is 6.06. The van der Waals surface area contributed by atoms with Crippen molar-refractivity contribution in [1.82, 2.24) is 0 Å². The van der Waals surface area contributed by atoms with E-state index in [0.717, 1.165) is 77.9 Å². The third kappa shape index (κ3) is 5.62. The van der Waals surface area contributed by atoms with Crippen molar-refractivity contribution in [3.05, 3.63) is 178 Å². The molecule has 0 saturated carbocycles. The predicted molar refractivity (Wildman–Crippen MR) is 196 cm³/mol. The van der Waals surface area contributed by atoms with Crippen molar-refractivity contribution in [3.63, 3.8) is 0 Å². The number of benzene rings is 7. The van der Waals surface area contributed by atoms with Crippen LogP contribution in [0.15, 0.2) is 146 Å². The van der Waals surface area contributed by atoms with Gasteiger partial charge >= 0.3 is 0 Å². The number of rotatable bonds is 8. The Hall–Kier alpha value is -6.00. The third-order valence-electron chi connectivity index (χ3n) is 8.95. The van der Waals surface area contributed by atoms with Crippen LogP contribution < -0.4 is 29.4 Å². The Balaban J connectivity index is 1.72. The van der Waals surface area contributed by atoms with Gasteiger partial charge in [0.05, 0.1) is 28.4 Å². The normalized spacial score (nSPS) is 10.9. The van der Waals surface area contributed by atoms with Crippen LogP contribution in [0.4, 0.5) is 0 Å². The second-order valence-electron chi connectivity index (χ2n) is 11.5. The van der Waals surface area contributed by atoms with Crippen molar-refractivity contribution in [1.29, 1.82) is 0 Å². The van der Waals surface area contributed by atoms with E-state index in [0.29, 0.717) is 0 Å². The molecule has 0 aromatic heterocycles. The van der Waals surface area contributed by atoms with Gasteiger partial charge in [0.2, 0.25) is 0 Å². The Morgan fingerprint density at radius 2 is 0.500 bits per heavy atom. The Morgan fingerprint density at radius 1 is 0.292 bits per heavy atom. The summed E-state index contributed by atoms with van der Waals surface area (Å²) in [7, 11) is 6.79. The monoisotopic (exact) mass is 628 g/mol. The van der Waals surface area contributed by atoms with Crippen LogP contribution in [0, 0.1) is 0 Å². The molecule has 0 unspecified atom stereocenters. The Kier molecular flexibility index (Phi) is 8.55. The topological polar surface area (TPSA) is 36.9 Å². The lowest BCUT2D eigenvalue weighted by atomic mass is 9.86. The van der Waals surface area contributed by atoms with E-state index in [1.807, 2.05) is 48.5 Å². The number of methoxy groups -OCH3 is 4. The molecular formula is C44H36O4. The molecule has 7 aromatic rings. The third-order valence-corrected chi connectivity index (χ3v) is 8.95. The van der Waals surface area contributed by atoms with Gasteiger partial charge in [-0.15, -0.1) is 0 Å². The number of ether oxygens (including phenoxy) is 4. The summed E-state index contributed by atoms with van der Waals surface area (Å²) >= 11 is 0. The minimum absolute atomic E-state index is 0.816. The first-order valence-corrected chi connectivity index (χ1v) is 15.9. The molecule has 7 rings (SSSR count). The summed E-state index contributed by atoms with van der Waals surface area (Å²) in [6.45, 7) is 0. The van der Waals surface area contributed by atoms with Gasteiger partial charge in [0.25, 0.3) is 0 Å². The van der Waals surface area contributed by atoms with Gasteiger partial charge in [0.1, 0.15) is 23.0 Å². The highest BCUT2D eigenvalue weighted by Gasteiger charge is 2.17. The maximum Gasteiger partial charge on any atom is 0.118 e. The molecule has 0 fully saturated rings. The molecule has 0 heterocycles. The van der Waals surface area contributed by atoms with Gasteiger partial charge in [0.15, 0.2) is 0 Å². The van der Waals surface area contributed by atoms with E-state index in [1.165, 1.54) is 10.4 Å². The van der Waals surface area contributed by atoms with E-state index < -0.39 is 0 Å². The fourth-order valence-electron chi connectivity index (χ4n) is 6.61. The van der Waals surface area contributed by atoms with Gasteiger partial charge in [-0.25, -0.2) is 0 Å². The zero-order valence-corrected chi connectivity index (χ0v) is 27.5. The molecule has 0 aliphatic heterocycles. The van der Waals surface area contributed by atoms with Crippen LogP contribution in [0.2, 0.25) is 0 Å². The number of hydrogen-bond donors (Lipinski definition) is 0. The van der Waals surface area contributed by atoms with Crippen molar-refractivity contribution in [3.8, 4) is 23.0 Å². The lowest BCUT2D eigenvalue weighted by Crippen LogP contribution is -2.21. The van der Waals surface area contributed by atoms with Crippen LogP contribution in [0.25, 0.3) is 32.7 Å². The lowest BCUT2D eigenvalue weighted by molar-refractivity contribution is 0.414. The van der Waals surface area contributed by atoms with Crippen molar-refractivity contribution < 1.29 is 18.9 Å². The fraction of sp³-hybridized carbons (Fsp3) is 0.0909. The highest BCUT2D eigenvalue weighted by atomic mass is 16.5. The lowest BCUT2D eigenvalue weighted by Gasteiger charge is -2.18. The first-order chi connectivity index (χ1) is 23.6. The SMILES string of the molecule is COc1ccc(C(c2ccc(OC)cc2)=c2c3ccccc3c(=C(c3ccc(OC)cc3)c3ccc(OC)cc3)c3ccccc23)cc1. The Morgan fingerprint density at radius 3 is 0.688 bits per heavy atom. The molecule has 236 valence electrons. The molecule has 0 bridgehead atoms. The minimum atomic E-state index is 0.816. The van der Waals surface area contributed by atoms with Gasteiger partial charge < -0.3 is 18.9 Å². The second kappa shape index (κ2) is 13.4. The zero-order valence-electron chi connectivity index (χ0n) is 27.5. The molecule has 7 aromatic carbocycles. The minimum Gasteiger partial charge on any atom is -0.497 e. The molecule has 4 nitrogen and oxygen atoms in total.